The zero-order valence-corrected chi connectivity index (χ0v) is 15.1. The van der Waals surface area contributed by atoms with Crippen LogP contribution in [-0.4, -0.2) is 20.9 Å². The lowest BCUT2D eigenvalue weighted by atomic mass is 10.1. The number of carbonyl (C=O) groups excluding carboxylic acids is 1. The molecule has 0 fully saturated rings. The van der Waals surface area contributed by atoms with Gasteiger partial charge in [-0.25, -0.2) is 9.97 Å². The largest absolute Gasteiger partial charge is 0.418 e. The lowest BCUT2D eigenvalue weighted by Gasteiger charge is -2.09. The standard InChI is InChI=1S/C19H13F3N4OS/c20-19(21,22)13-9-14(11-5-2-1-3-6-11)24-16-15(13)25-17(26-16)18(27)23-10-12-7-4-8-28-12/h1-9H,10H2,(H,23,27)(H,24,25,26). The van der Waals surface area contributed by atoms with Gasteiger partial charge in [0.1, 0.15) is 0 Å². The summed E-state index contributed by atoms with van der Waals surface area (Å²) >= 11 is 1.46. The fourth-order valence-electron chi connectivity index (χ4n) is 2.74. The predicted octanol–water partition coefficient (Wildman–Crippen LogP) is 4.64. The molecule has 0 bridgehead atoms. The van der Waals surface area contributed by atoms with Gasteiger partial charge in [0.15, 0.2) is 11.5 Å². The van der Waals surface area contributed by atoms with Crippen molar-refractivity contribution in [1.82, 2.24) is 20.3 Å². The number of hydrogen-bond donors (Lipinski definition) is 2. The molecule has 5 nitrogen and oxygen atoms in total. The van der Waals surface area contributed by atoms with Crippen LogP contribution >= 0.6 is 11.3 Å². The van der Waals surface area contributed by atoms with Gasteiger partial charge in [-0.2, -0.15) is 13.2 Å². The van der Waals surface area contributed by atoms with E-state index in [1.165, 1.54) is 11.3 Å². The summed E-state index contributed by atoms with van der Waals surface area (Å²) in [5.41, 5.74) is -0.719. The highest BCUT2D eigenvalue weighted by Crippen LogP contribution is 2.36. The third kappa shape index (κ3) is 3.61. The van der Waals surface area contributed by atoms with Crippen molar-refractivity contribution >= 4 is 28.4 Å². The second-order valence-corrected chi connectivity index (χ2v) is 7.00. The van der Waals surface area contributed by atoms with Gasteiger partial charge in [0.2, 0.25) is 0 Å². The summed E-state index contributed by atoms with van der Waals surface area (Å²) in [5.74, 6) is -0.810. The highest BCUT2D eigenvalue weighted by molar-refractivity contribution is 7.09. The van der Waals surface area contributed by atoms with Crippen LogP contribution in [0.3, 0.4) is 0 Å². The minimum atomic E-state index is -4.62. The Morgan fingerprint density at radius 3 is 2.57 bits per heavy atom. The van der Waals surface area contributed by atoms with E-state index >= 15 is 0 Å². The van der Waals surface area contributed by atoms with Crippen LogP contribution in [0.2, 0.25) is 0 Å². The lowest BCUT2D eigenvalue weighted by molar-refractivity contribution is -0.136. The van der Waals surface area contributed by atoms with E-state index in [-0.39, 0.29) is 29.2 Å². The molecule has 0 aliphatic heterocycles. The van der Waals surface area contributed by atoms with E-state index in [1.807, 2.05) is 17.5 Å². The molecular formula is C19H13F3N4OS. The number of rotatable bonds is 4. The summed E-state index contributed by atoms with van der Waals surface area (Å²) in [7, 11) is 0. The molecule has 0 radical (unpaired) electrons. The maximum absolute atomic E-state index is 13.6. The molecule has 3 aromatic heterocycles. The molecule has 0 aliphatic rings. The molecule has 1 amide bonds. The third-order valence-electron chi connectivity index (χ3n) is 4.05. The number of pyridine rings is 1. The topological polar surface area (TPSA) is 70.7 Å². The van der Waals surface area contributed by atoms with Crippen molar-refractivity contribution in [2.75, 3.05) is 0 Å². The van der Waals surface area contributed by atoms with E-state index in [1.54, 1.807) is 30.3 Å². The van der Waals surface area contributed by atoms with E-state index in [4.69, 9.17) is 0 Å². The van der Waals surface area contributed by atoms with Crippen molar-refractivity contribution in [1.29, 1.82) is 0 Å². The zero-order chi connectivity index (χ0) is 19.7. The third-order valence-corrected chi connectivity index (χ3v) is 4.93. The average molecular weight is 402 g/mol. The molecule has 28 heavy (non-hydrogen) atoms. The van der Waals surface area contributed by atoms with Crippen molar-refractivity contribution in [2.24, 2.45) is 0 Å². The van der Waals surface area contributed by atoms with Crippen LogP contribution in [0, 0.1) is 0 Å². The van der Waals surface area contributed by atoms with Crippen LogP contribution in [-0.2, 0) is 12.7 Å². The van der Waals surface area contributed by atoms with Crippen molar-refractivity contribution in [2.45, 2.75) is 12.7 Å². The number of alkyl halides is 3. The second-order valence-electron chi connectivity index (χ2n) is 5.96. The summed E-state index contributed by atoms with van der Waals surface area (Å²) in [5, 5.41) is 4.50. The number of fused-ring (bicyclic) bond motifs is 1. The summed E-state index contributed by atoms with van der Waals surface area (Å²) < 4.78 is 40.7. The van der Waals surface area contributed by atoms with Gasteiger partial charge in [-0.3, -0.25) is 4.79 Å². The number of aromatic nitrogens is 3. The number of aromatic amines is 1. The molecule has 0 aliphatic carbocycles. The summed E-state index contributed by atoms with van der Waals surface area (Å²) in [6.07, 6.45) is -4.62. The molecule has 1 aromatic carbocycles. The molecule has 0 spiro atoms. The van der Waals surface area contributed by atoms with Gasteiger partial charge in [0.05, 0.1) is 23.3 Å². The number of nitrogens with one attached hydrogen (secondary N) is 2. The highest BCUT2D eigenvalue weighted by atomic mass is 32.1. The Morgan fingerprint density at radius 1 is 1.11 bits per heavy atom. The van der Waals surface area contributed by atoms with Crippen molar-refractivity contribution in [3.8, 4) is 11.3 Å². The van der Waals surface area contributed by atoms with Gasteiger partial charge < -0.3 is 10.3 Å². The first-order chi connectivity index (χ1) is 13.4. The summed E-state index contributed by atoms with van der Waals surface area (Å²) in [4.78, 5) is 23.9. The molecule has 0 saturated carbocycles. The fourth-order valence-corrected chi connectivity index (χ4v) is 3.38. The Hall–Kier alpha value is -3.20. The van der Waals surface area contributed by atoms with Gasteiger partial charge >= 0.3 is 6.18 Å². The number of imidazole rings is 1. The molecule has 2 N–H and O–H groups in total. The monoisotopic (exact) mass is 402 g/mol. The van der Waals surface area contributed by atoms with Crippen molar-refractivity contribution in [3.63, 3.8) is 0 Å². The zero-order valence-electron chi connectivity index (χ0n) is 14.2. The number of hydrogen-bond acceptors (Lipinski definition) is 4. The maximum Gasteiger partial charge on any atom is 0.418 e. The molecule has 0 atom stereocenters. The molecule has 0 saturated heterocycles. The summed E-state index contributed by atoms with van der Waals surface area (Å²) in [6.45, 7) is 0.266. The molecular weight excluding hydrogens is 389 g/mol. The minimum absolute atomic E-state index is 0.137. The number of carbonyl (C=O) groups is 1. The number of amides is 1. The van der Waals surface area contributed by atoms with E-state index in [9.17, 15) is 18.0 Å². The maximum atomic E-state index is 13.6. The molecule has 4 rings (SSSR count). The first kappa shape index (κ1) is 18.2. The van der Waals surface area contributed by atoms with Crippen LogP contribution in [0.5, 0.6) is 0 Å². The van der Waals surface area contributed by atoms with E-state index in [2.05, 4.69) is 20.3 Å². The highest BCUT2D eigenvalue weighted by Gasteiger charge is 2.35. The lowest BCUT2D eigenvalue weighted by Crippen LogP contribution is -2.23. The van der Waals surface area contributed by atoms with E-state index < -0.39 is 17.6 Å². The predicted molar refractivity (Wildman–Crippen MR) is 99.8 cm³/mol. The Labute approximate surface area is 161 Å². The molecule has 9 heteroatoms. The normalized spacial score (nSPS) is 11.7. The van der Waals surface area contributed by atoms with Gasteiger partial charge in [-0.15, -0.1) is 11.3 Å². The van der Waals surface area contributed by atoms with Crippen LogP contribution in [0.15, 0.2) is 53.9 Å². The molecule has 3 heterocycles. The Balaban J connectivity index is 1.74. The van der Waals surface area contributed by atoms with Crippen molar-refractivity contribution < 1.29 is 18.0 Å². The van der Waals surface area contributed by atoms with Crippen LogP contribution in [0.1, 0.15) is 21.1 Å². The Bertz CT molecular complexity index is 1120. The Kier molecular flexibility index (Phi) is 4.60. The second kappa shape index (κ2) is 7.08. The van der Waals surface area contributed by atoms with Gasteiger partial charge in [-0.05, 0) is 17.5 Å². The van der Waals surface area contributed by atoms with Crippen LogP contribution in [0.4, 0.5) is 13.2 Å². The number of thiophene rings is 1. The van der Waals surface area contributed by atoms with Gasteiger partial charge in [0.25, 0.3) is 5.91 Å². The van der Waals surface area contributed by atoms with Gasteiger partial charge in [0, 0.05) is 10.4 Å². The van der Waals surface area contributed by atoms with E-state index in [0.717, 1.165) is 10.9 Å². The number of nitrogens with zero attached hydrogens (tertiary/aromatic N) is 2. The van der Waals surface area contributed by atoms with Crippen molar-refractivity contribution in [3.05, 3.63) is 70.2 Å². The first-order valence-corrected chi connectivity index (χ1v) is 9.14. The van der Waals surface area contributed by atoms with Gasteiger partial charge in [-0.1, -0.05) is 36.4 Å². The Morgan fingerprint density at radius 2 is 1.89 bits per heavy atom. The molecule has 0 unspecified atom stereocenters. The average Bonchev–Trinajstić information content (AvgIpc) is 3.34. The smallest absolute Gasteiger partial charge is 0.344 e. The molecule has 142 valence electrons. The van der Waals surface area contributed by atoms with Crippen LogP contribution < -0.4 is 5.32 Å². The SMILES string of the molecule is O=C(NCc1cccs1)c1nc2nc(-c3ccccc3)cc(C(F)(F)F)c2[nH]1. The summed E-state index contributed by atoms with van der Waals surface area (Å²) in [6, 6.07) is 13.2. The fraction of sp³-hybridized carbons (Fsp3) is 0.105. The molecule has 4 aromatic rings. The minimum Gasteiger partial charge on any atom is -0.344 e. The number of H-pyrrole nitrogens is 1. The number of benzene rings is 1. The van der Waals surface area contributed by atoms with E-state index in [0.29, 0.717) is 5.56 Å². The first-order valence-electron chi connectivity index (χ1n) is 8.26. The van der Waals surface area contributed by atoms with Crippen LogP contribution in [0.25, 0.3) is 22.4 Å². The number of halogens is 3. The quantitative estimate of drug-likeness (QED) is 0.523.